The minimum atomic E-state index is -0.676. The minimum absolute atomic E-state index is 0.154. The molecular formula is C17H17N5O5. The molecule has 0 unspecified atom stereocenters. The maximum absolute atomic E-state index is 11.7. The zero-order valence-corrected chi connectivity index (χ0v) is 14.3. The van der Waals surface area contributed by atoms with E-state index in [1.807, 2.05) is 0 Å². The number of nitro groups is 1. The second-order valence-corrected chi connectivity index (χ2v) is 5.18. The van der Waals surface area contributed by atoms with Crippen LogP contribution in [0.2, 0.25) is 0 Å². The Balaban J connectivity index is 1.75. The summed E-state index contributed by atoms with van der Waals surface area (Å²) in [7, 11) is 1.56. The van der Waals surface area contributed by atoms with Crippen molar-refractivity contribution in [2.45, 2.75) is 0 Å². The first-order chi connectivity index (χ1) is 13.0. The number of ether oxygens (including phenoxy) is 1. The van der Waals surface area contributed by atoms with Crippen molar-refractivity contribution in [1.82, 2.24) is 10.7 Å². The van der Waals surface area contributed by atoms with Gasteiger partial charge in [-0.25, -0.2) is 10.2 Å². The van der Waals surface area contributed by atoms with Gasteiger partial charge in [0.05, 0.1) is 18.2 Å². The summed E-state index contributed by atoms with van der Waals surface area (Å²) < 4.78 is 5.03. The quantitative estimate of drug-likeness (QED) is 0.388. The standard InChI is InChI=1S/C17H17N5O5/c1-27-15-7-5-12(6-8-15)10-19-21-16(23)11-18-17(24)20-13-3-2-4-14(9-13)22(25)26/h2-10H,11H2,1H3,(H,21,23)(H2,18,20,24)/b19-10+. The number of methoxy groups -OCH3 is 1. The molecule has 0 aliphatic heterocycles. The predicted molar refractivity (Wildman–Crippen MR) is 98.8 cm³/mol. The smallest absolute Gasteiger partial charge is 0.319 e. The summed E-state index contributed by atoms with van der Waals surface area (Å²) in [6.45, 7) is -0.319. The van der Waals surface area contributed by atoms with Gasteiger partial charge in [-0.15, -0.1) is 0 Å². The lowest BCUT2D eigenvalue weighted by atomic mass is 10.2. The molecule has 0 atom stereocenters. The molecule has 2 aromatic rings. The number of nitrogens with one attached hydrogen (secondary N) is 3. The molecule has 0 radical (unpaired) electrons. The van der Waals surface area contributed by atoms with Gasteiger partial charge >= 0.3 is 6.03 Å². The van der Waals surface area contributed by atoms with Gasteiger partial charge in [0.1, 0.15) is 12.3 Å². The van der Waals surface area contributed by atoms with E-state index in [9.17, 15) is 19.7 Å². The Morgan fingerprint density at radius 1 is 1.22 bits per heavy atom. The zero-order chi connectivity index (χ0) is 19.6. The largest absolute Gasteiger partial charge is 0.497 e. The molecule has 0 fully saturated rings. The number of carbonyl (C=O) groups excluding carboxylic acids is 2. The maximum atomic E-state index is 11.7. The number of hydrogen-bond acceptors (Lipinski definition) is 6. The van der Waals surface area contributed by atoms with Crippen LogP contribution in [0, 0.1) is 10.1 Å². The summed E-state index contributed by atoms with van der Waals surface area (Å²) in [5, 5.41) is 19.2. The molecule has 0 spiro atoms. The predicted octanol–water partition coefficient (Wildman–Crippen LogP) is 1.88. The third-order valence-electron chi connectivity index (χ3n) is 3.24. The molecule has 3 amide bonds. The molecule has 0 aliphatic rings. The van der Waals surface area contributed by atoms with Crippen molar-refractivity contribution < 1.29 is 19.2 Å². The number of rotatable bonds is 7. The number of urea groups is 1. The first kappa shape index (κ1) is 19.4. The fraction of sp³-hybridized carbons (Fsp3) is 0.118. The minimum Gasteiger partial charge on any atom is -0.497 e. The van der Waals surface area contributed by atoms with Gasteiger partial charge < -0.3 is 15.4 Å². The van der Waals surface area contributed by atoms with Crippen molar-refractivity contribution in [3.8, 4) is 5.75 Å². The summed E-state index contributed by atoms with van der Waals surface area (Å²) in [6.07, 6.45) is 1.44. The van der Waals surface area contributed by atoms with Crippen molar-refractivity contribution in [2.75, 3.05) is 19.0 Å². The summed E-state index contributed by atoms with van der Waals surface area (Å²) in [5.41, 5.74) is 3.11. The van der Waals surface area contributed by atoms with E-state index in [1.54, 1.807) is 31.4 Å². The lowest BCUT2D eigenvalue weighted by molar-refractivity contribution is -0.384. The topological polar surface area (TPSA) is 135 Å². The molecule has 0 aromatic heterocycles. The van der Waals surface area contributed by atoms with E-state index in [1.165, 1.54) is 30.5 Å². The Hall–Kier alpha value is -3.95. The van der Waals surface area contributed by atoms with Crippen molar-refractivity contribution in [3.63, 3.8) is 0 Å². The number of carbonyl (C=O) groups is 2. The van der Waals surface area contributed by atoms with E-state index >= 15 is 0 Å². The van der Waals surface area contributed by atoms with Crippen molar-refractivity contribution >= 4 is 29.5 Å². The van der Waals surface area contributed by atoms with Gasteiger partial charge in [0.2, 0.25) is 0 Å². The molecule has 0 heterocycles. The molecule has 10 nitrogen and oxygen atoms in total. The summed E-state index contributed by atoms with van der Waals surface area (Å²) in [5.74, 6) is 0.170. The van der Waals surface area contributed by atoms with Gasteiger partial charge in [0.25, 0.3) is 11.6 Å². The van der Waals surface area contributed by atoms with Crippen LogP contribution in [0.3, 0.4) is 0 Å². The number of hydrazone groups is 1. The second kappa shape index (κ2) is 9.51. The number of hydrogen-bond donors (Lipinski definition) is 3. The van der Waals surface area contributed by atoms with E-state index < -0.39 is 16.9 Å². The second-order valence-electron chi connectivity index (χ2n) is 5.18. The molecule has 27 heavy (non-hydrogen) atoms. The zero-order valence-electron chi connectivity index (χ0n) is 14.3. The lowest BCUT2D eigenvalue weighted by Crippen LogP contribution is -2.37. The Bertz CT molecular complexity index is 851. The third-order valence-corrected chi connectivity index (χ3v) is 3.24. The van der Waals surface area contributed by atoms with Crippen LogP contribution in [0.15, 0.2) is 53.6 Å². The van der Waals surface area contributed by atoms with Crippen LogP contribution >= 0.6 is 0 Å². The molecule has 0 bridgehead atoms. The normalized spacial score (nSPS) is 10.3. The summed E-state index contributed by atoms with van der Waals surface area (Å²) in [4.78, 5) is 33.5. The molecule has 2 rings (SSSR count). The molecule has 10 heteroatoms. The number of benzene rings is 2. The fourth-order valence-electron chi connectivity index (χ4n) is 1.94. The van der Waals surface area contributed by atoms with Crippen LogP contribution in [0.5, 0.6) is 5.75 Å². The molecule has 0 saturated heterocycles. The van der Waals surface area contributed by atoms with Crippen LogP contribution in [-0.4, -0.2) is 36.7 Å². The Morgan fingerprint density at radius 2 is 1.96 bits per heavy atom. The number of non-ortho nitro benzene ring substituents is 1. The van der Waals surface area contributed by atoms with E-state index in [-0.39, 0.29) is 17.9 Å². The highest BCUT2D eigenvalue weighted by Gasteiger charge is 2.09. The lowest BCUT2D eigenvalue weighted by Gasteiger charge is -2.06. The molecular weight excluding hydrogens is 354 g/mol. The number of anilines is 1. The highest BCUT2D eigenvalue weighted by atomic mass is 16.6. The maximum Gasteiger partial charge on any atom is 0.319 e. The molecule has 2 aromatic carbocycles. The van der Waals surface area contributed by atoms with Gasteiger partial charge in [-0.3, -0.25) is 14.9 Å². The third kappa shape index (κ3) is 6.46. The Morgan fingerprint density at radius 3 is 2.63 bits per heavy atom. The van der Waals surface area contributed by atoms with Crippen molar-refractivity contribution in [1.29, 1.82) is 0 Å². The highest BCUT2D eigenvalue weighted by molar-refractivity contribution is 5.92. The summed E-state index contributed by atoms with van der Waals surface area (Å²) >= 11 is 0. The molecule has 0 aliphatic carbocycles. The van der Waals surface area contributed by atoms with Gasteiger partial charge in [0, 0.05) is 17.8 Å². The van der Waals surface area contributed by atoms with Crippen LogP contribution in [0.4, 0.5) is 16.2 Å². The van der Waals surface area contributed by atoms with Crippen LogP contribution in [-0.2, 0) is 4.79 Å². The number of nitrogens with zero attached hydrogens (tertiary/aromatic N) is 2. The molecule has 140 valence electrons. The summed E-state index contributed by atoms with van der Waals surface area (Å²) in [6, 6.07) is 11.8. The Labute approximate surface area is 154 Å². The van der Waals surface area contributed by atoms with Crippen LogP contribution in [0.25, 0.3) is 0 Å². The van der Waals surface area contributed by atoms with Gasteiger partial charge in [-0.1, -0.05) is 6.07 Å². The Kier molecular flexibility index (Phi) is 6.83. The van der Waals surface area contributed by atoms with Crippen LogP contribution < -0.4 is 20.8 Å². The molecule has 0 saturated carbocycles. The van der Waals surface area contributed by atoms with Gasteiger partial charge in [0.15, 0.2) is 0 Å². The van der Waals surface area contributed by atoms with E-state index in [0.29, 0.717) is 5.75 Å². The highest BCUT2D eigenvalue weighted by Crippen LogP contribution is 2.16. The van der Waals surface area contributed by atoms with Gasteiger partial charge in [-0.2, -0.15) is 5.10 Å². The van der Waals surface area contributed by atoms with Crippen LogP contribution in [0.1, 0.15) is 5.56 Å². The van der Waals surface area contributed by atoms with Crippen molar-refractivity contribution in [2.24, 2.45) is 5.10 Å². The average Bonchev–Trinajstić information content (AvgIpc) is 2.67. The monoisotopic (exact) mass is 371 g/mol. The first-order valence-corrected chi connectivity index (χ1v) is 7.73. The SMILES string of the molecule is COc1ccc(/C=N/NC(=O)CNC(=O)Nc2cccc([N+](=O)[O-])c2)cc1. The number of amides is 3. The first-order valence-electron chi connectivity index (χ1n) is 7.73. The fourth-order valence-corrected chi connectivity index (χ4v) is 1.94. The van der Waals surface area contributed by atoms with E-state index in [0.717, 1.165) is 5.56 Å². The van der Waals surface area contributed by atoms with Crippen molar-refractivity contribution in [3.05, 3.63) is 64.2 Å². The van der Waals surface area contributed by atoms with E-state index in [4.69, 9.17) is 4.74 Å². The molecule has 3 N–H and O–H groups in total. The van der Waals surface area contributed by atoms with Gasteiger partial charge in [-0.05, 0) is 35.9 Å². The number of nitro benzene ring substituents is 1. The average molecular weight is 371 g/mol. The van der Waals surface area contributed by atoms with E-state index in [2.05, 4.69) is 21.2 Å².